The molecule has 2 rings (SSSR count). The lowest BCUT2D eigenvalue weighted by Gasteiger charge is -2.17. The van der Waals surface area contributed by atoms with Crippen molar-refractivity contribution in [2.24, 2.45) is 5.73 Å². The summed E-state index contributed by atoms with van der Waals surface area (Å²) in [5, 5.41) is 10.2. The molecule has 0 saturated heterocycles. The number of hydrogen-bond donors (Lipinski definition) is 1. The minimum Gasteiger partial charge on any atom is -0.380 e. The predicted octanol–water partition coefficient (Wildman–Crippen LogP) is 3.00. The van der Waals surface area contributed by atoms with E-state index in [2.05, 4.69) is 6.07 Å². The van der Waals surface area contributed by atoms with Gasteiger partial charge in [0.05, 0.1) is 12.2 Å². The van der Waals surface area contributed by atoms with E-state index in [4.69, 9.17) is 10.5 Å². The fourth-order valence-corrected chi connectivity index (χ4v) is 3.42. The molecule has 126 valence electrons. The number of carbonyl (C=O) groups excluding carboxylic acids is 1. The maximum atomic E-state index is 13.2. The van der Waals surface area contributed by atoms with Gasteiger partial charge in [-0.05, 0) is 24.6 Å². The molecule has 2 N–H and O–H groups in total. The van der Waals surface area contributed by atoms with E-state index in [9.17, 15) is 14.4 Å². The Morgan fingerprint density at radius 1 is 1.42 bits per heavy atom. The molecule has 2 aromatic rings. The molecule has 0 unspecified atom stereocenters. The molecule has 0 radical (unpaired) electrons. The zero-order valence-corrected chi connectivity index (χ0v) is 14.3. The van der Waals surface area contributed by atoms with E-state index in [-0.39, 0.29) is 10.7 Å². The highest BCUT2D eigenvalue weighted by Crippen LogP contribution is 2.41. The van der Waals surface area contributed by atoms with E-state index in [1.54, 1.807) is 0 Å². The molecule has 5 nitrogen and oxygen atoms in total. The second-order valence-corrected chi connectivity index (χ2v) is 6.09. The van der Waals surface area contributed by atoms with Gasteiger partial charge < -0.3 is 15.4 Å². The first-order chi connectivity index (χ1) is 11.5. The van der Waals surface area contributed by atoms with E-state index in [1.165, 1.54) is 24.3 Å². The van der Waals surface area contributed by atoms with Crippen molar-refractivity contribution in [3.63, 3.8) is 0 Å². The molecule has 0 aliphatic rings. The monoisotopic (exact) mass is 347 g/mol. The minimum absolute atomic E-state index is 0.288. The van der Waals surface area contributed by atoms with Gasteiger partial charge >= 0.3 is 0 Å². The molecule has 0 fully saturated rings. The van der Waals surface area contributed by atoms with Gasteiger partial charge in [0.2, 0.25) is 0 Å². The Hall–Kier alpha value is -2.43. The molecule has 24 heavy (non-hydrogen) atoms. The van der Waals surface area contributed by atoms with Crippen molar-refractivity contribution in [3.05, 3.63) is 40.5 Å². The van der Waals surface area contributed by atoms with Gasteiger partial charge in [0, 0.05) is 25.8 Å². The zero-order valence-electron chi connectivity index (χ0n) is 13.5. The van der Waals surface area contributed by atoms with Crippen LogP contribution in [0, 0.1) is 17.1 Å². The van der Waals surface area contributed by atoms with Crippen molar-refractivity contribution in [2.75, 3.05) is 31.7 Å². The number of nitrogens with zero attached hydrogens (tertiary/aromatic N) is 2. The van der Waals surface area contributed by atoms with Crippen molar-refractivity contribution in [1.82, 2.24) is 0 Å². The molecule has 0 saturated carbocycles. The number of halogens is 1. The summed E-state index contributed by atoms with van der Waals surface area (Å²) in [7, 11) is 1.82. The molecule has 0 spiro atoms. The summed E-state index contributed by atoms with van der Waals surface area (Å²) in [5.74, 6) is -0.998. The Balaban J connectivity index is 2.51. The maximum Gasteiger partial charge on any atom is 0.259 e. The molecule has 1 heterocycles. The van der Waals surface area contributed by atoms with Crippen LogP contribution >= 0.6 is 11.3 Å². The quantitative estimate of drug-likeness (QED) is 0.781. The molecule has 1 amide bonds. The number of thiophene rings is 1. The van der Waals surface area contributed by atoms with E-state index in [0.717, 1.165) is 11.3 Å². The van der Waals surface area contributed by atoms with Crippen LogP contribution in [0.5, 0.6) is 0 Å². The Morgan fingerprint density at radius 2 is 2.08 bits per heavy atom. The third-order valence-corrected chi connectivity index (χ3v) is 4.80. The summed E-state index contributed by atoms with van der Waals surface area (Å²) in [6.07, 6.45) is 0. The van der Waals surface area contributed by atoms with Crippen LogP contribution in [-0.2, 0) is 4.74 Å². The predicted molar refractivity (Wildman–Crippen MR) is 92.7 cm³/mol. The van der Waals surface area contributed by atoms with Crippen LogP contribution in [0.25, 0.3) is 11.1 Å². The van der Waals surface area contributed by atoms with E-state index < -0.39 is 5.91 Å². The standard InChI is InChI=1S/C17H18FN3O2S/c1-3-23-9-8-21(2)17-13(10-19)14(15(24-17)16(20)22)11-4-6-12(18)7-5-11/h4-7H,3,8-9H2,1-2H3,(H2,20,22). The molecule has 0 atom stereocenters. The van der Waals surface area contributed by atoms with Gasteiger partial charge in [-0.25, -0.2) is 4.39 Å². The second kappa shape index (κ2) is 7.90. The molecular weight excluding hydrogens is 329 g/mol. The molecule has 0 aliphatic carbocycles. The van der Waals surface area contributed by atoms with Gasteiger partial charge in [-0.15, -0.1) is 11.3 Å². The van der Waals surface area contributed by atoms with Crippen LogP contribution in [0.3, 0.4) is 0 Å². The smallest absolute Gasteiger partial charge is 0.259 e. The van der Waals surface area contributed by atoms with Crippen molar-refractivity contribution in [1.29, 1.82) is 5.26 Å². The van der Waals surface area contributed by atoms with Gasteiger partial charge in [0.25, 0.3) is 5.91 Å². The molecule has 7 heteroatoms. The Labute approximate surface area is 144 Å². The summed E-state index contributed by atoms with van der Waals surface area (Å²) >= 11 is 1.16. The highest BCUT2D eigenvalue weighted by atomic mass is 32.1. The van der Waals surface area contributed by atoms with Crippen LogP contribution in [0.4, 0.5) is 9.39 Å². The maximum absolute atomic E-state index is 13.2. The third-order valence-electron chi connectivity index (χ3n) is 3.48. The number of anilines is 1. The topological polar surface area (TPSA) is 79.3 Å². The fourth-order valence-electron chi connectivity index (χ4n) is 2.30. The zero-order chi connectivity index (χ0) is 17.7. The van der Waals surface area contributed by atoms with Crippen molar-refractivity contribution >= 4 is 22.2 Å². The molecule has 0 bridgehead atoms. The molecule has 1 aromatic heterocycles. The molecule has 1 aromatic carbocycles. The largest absolute Gasteiger partial charge is 0.380 e. The number of amides is 1. The number of benzene rings is 1. The lowest BCUT2D eigenvalue weighted by atomic mass is 10.0. The number of primary amides is 1. The summed E-state index contributed by atoms with van der Waals surface area (Å²) in [6.45, 7) is 3.60. The Bertz CT molecular complexity index is 765. The summed E-state index contributed by atoms with van der Waals surface area (Å²) in [5.41, 5.74) is 6.88. The van der Waals surface area contributed by atoms with Crippen LogP contribution < -0.4 is 10.6 Å². The summed E-state index contributed by atoms with van der Waals surface area (Å²) in [4.78, 5) is 14.0. The first-order valence-corrected chi connectivity index (χ1v) is 8.22. The number of likely N-dealkylation sites (N-methyl/N-ethyl adjacent to an activating group) is 1. The number of rotatable bonds is 7. The van der Waals surface area contributed by atoms with E-state index in [0.29, 0.717) is 41.4 Å². The van der Waals surface area contributed by atoms with Crippen LogP contribution in [0.1, 0.15) is 22.2 Å². The third kappa shape index (κ3) is 3.72. The van der Waals surface area contributed by atoms with E-state index in [1.807, 2.05) is 18.9 Å². The Morgan fingerprint density at radius 3 is 2.62 bits per heavy atom. The van der Waals surface area contributed by atoms with Gasteiger partial charge in [0.1, 0.15) is 21.8 Å². The summed E-state index contributed by atoms with van der Waals surface area (Å²) in [6, 6.07) is 7.80. The first kappa shape index (κ1) is 17.9. The van der Waals surface area contributed by atoms with Gasteiger partial charge in [-0.2, -0.15) is 5.26 Å². The van der Waals surface area contributed by atoms with Gasteiger partial charge in [-0.3, -0.25) is 4.79 Å². The first-order valence-electron chi connectivity index (χ1n) is 7.41. The highest BCUT2D eigenvalue weighted by Gasteiger charge is 2.24. The summed E-state index contributed by atoms with van der Waals surface area (Å²) < 4.78 is 18.5. The second-order valence-electron chi connectivity index (χ2n) is 5.09. The van der Waals surface area contributed by atoms with Crippen molar-refractivity contribution in [3.8, 4) is 17.2 Å². The minimum atomic E-state index is -0.611. The van der Waals surface area contributed by atoms with Crippen LogP contribution in [-0.4, -0.2) is 32.7 Å². The number of carbonyl (C=O) groups is 1. The Kier molecular flexibility index (Phi) is 5.90. The van der Waals surface area contributed by atoms with Crippen LogP contribution in [0.15, 0.2) is 24.3 Å². The number of nitrogens with two attached hydrogens (primary N) is 1. The van der Waals surface area contributed by atoms with Crippen LogP contribution in [0.2, 0.25) is 0 Å². The average Bonchev–Trinajstić information content (AvgIpc) is 2.95. The van der Waals surface area contributed by atoms with Gasteiger partial charge in [-0.1, -0.05) is 12.1 Å². The highest BCUT2D eigenvalue weighted by molar-refractivity contribution is 7.18. The SMILES string of the molecule is CCOCCN(C)c1sc(C(N)=O)c(-c2ccc(F)cc2)c1C#N. The van der Waals surface area contributed by atoms with Crippen molar-refractivity contribution in [2.45, 2.75) is 6.92 Å². The normalized spacial score (nSPS) is 10.4. The average molecular weight is 347 g/mol. The van der Waals surface area contributed by atoms with Crippen molar-refractivity contribution < 1.29 is 13.9 Å². The number of ether oxygens (including phenoxy) is 1. The van der Waals surface area contributed by atoms with Gasteiger partial charge in [0.15, 0.2) is 0 Å². The number of hydrogen-bond acceptors (Lipinski definition) is 5. The molecular formula is C17H18FN3O2S. The molecule has 0 aliphatic heterocycles. The number of nitriles is 1. The fraction of sp³-hybridized carbons (Fsp3) is 0.294. The lowest BCUT2D eigenvalue weighted by Crippen LogP contribution is -2.22. The lowest BCUT2D eigenvalue weighted by molar-refractivity contribution is 0.100. The van der Waals surface area contributed by atoms with E-state index >= 15 is 0 Å².